The third-order valence-electron chi connectivity index (χ3n) is 3.27. The maximum atomic E-state index is 12.7. The van der Waals surface area contributed by atoms with Crippen LogP contribution in [0.25, 0.3) is 0 Å². The first-order valence-electron chi connectivity index (χ1n) is 7.50. The predicted octanol–water partition coefficient (Wildman–Crippen LogP) is 2.31. The van der Waals surface area contributed by atoms with Gasteiger partial charge in [0.15, 0.2) is 0 Å². The number of hydrogen-bond acceptors (Lipinski definition) is 3. The molecule has 2 N–H and O–H groups in total. The topological polar surface area (TPSA) is 58.6 Å². The largest absolute Gasteiger partial charge is 0.491 e. The Morgan fingerprint density at radius 2 is 1.83 bits per heavy atom. The van der Waals surface area contributed by atoms with E-state index in [4.69, 9.17) is 4.74 Å². The summed E-state index contributed by atoms with van der Waals surface area (Å²) in [6.45, 7) is 0.152. The number of halogens is 1. The molecule has 0 fully saturated rings. The van der Waals surface area contributed by atoms with Gasteiger partial charge in [-0.2, -0.15) is 0 Å². The number of amides is 1. The Labute approximate surface area is 134 Å². The third-order valence-corrected chi connectivity index (χ3v) is 3.27. The van der Waals surface area contributed by atoms with Crippen molar-refractivity contribution < 1.29 is 19.0 Å². The van der Waals surface area contributed by atoms with Crippen LogP contribution in [0.4, 0.5) is 4.39 Å². The molecular weight excluding hydrogens is 297 g/mol. The van der Waals surface area contributed by atoms with Gasteiger partial charge >= 0.3 is 0 Å². The molecule has 0 saturated heterocycles. The molecule has 2 rings (SSSR count). The first-order chi connectivity index (χ1) is 11.1. The monoisotopic (exact) mass is 317 g/mol. The summed E-state index contributed by atoms with van der Waals surface area (Å²) in [5, 5.41) is 12.5. The van der Waals surface area contributed by atoms with E-state index in [0.717, 1.165) is 5.56 Å². The van der Waals surface area contributed by atoms with Crippen molar-refractivity contribution in [2.45, 2.75) is 18.9 Å². The minimum atomic E-state index is -0.819. The normalized spacial score (nSPS) is 11.7. The average molecular weight is 317 g/mol. The van der Waals surface area contributed by atoms with Crippen molar-refractivity contribution >= 4 is 5.91 Å². The Morgan fingerprint density at radius 3 is 2.52 bits per heavy atom. The Balaban J connectivity index is 1.62. The number of benzene rings is 2. The van der Waals surface area contributed by atoms with Gasteiger partial charge in [0.25, 0.3) is 0 Å². The van der Waals surface area contributed by atoms with Crippen LogP contribution >= 0.6 is 0 Å². The number of aryl methyl sites for hydroxylation is 1. The zero-order valence-corrected chi connectivity index (χ0v) is 12.7. The number of nitrogens with one attached hydrogen (secondary N) is 1. The lowest BCUT2D eigenvalue weighted by Gasteiger charge is -2.13. The zero-order chi connectivity index (χ0) is 16.5. The van der Waals surface area contributed by atoms with Crippen molar-refractivity contribution in [3.63, 3.8) is 0 Å². The van der Waals surface area contributed by atoms with Gasteiger partial charge in [-0.15, -0.1) is 0 Å². The first kappa shape index (κ1) is 17.0. The highest BCUT2D eigenvalue weighted by Crippen LogP contribution is 2.11. The van der Waals surface area contributed by atoms with E-state index in [0.29, 0.717) is 18.6 Å². The quantitative estimate of drug-likeness (QED) is 0.785. The average Bonchev–Trinajstić information content (AvgIpc) is 2.58. The van der Waals surface area contributed by atoms with Gasteiger partial charge in [0.2, 0.25) is 5.91 Å². The summed E-state index contributed by atoms with van der Waals surface area (Å²) < 4.78 is 18.1. The van der Waals surface area contributed by atoms with E-state index >= 15 is 0 Å². The first-order valence-corrected chi connectivity index (χ1v) is 7.50. The third kappa shape index (κ3) is 6.48. The van der Waals surface area contributed by atoms with Crippen molar-refractivity contribution in [3.8, 4) is 5.75 Å². The molecule has 2 aromatic rings. The molecule has 122 valence electrons. The molecule has 0 aromatic heterocycles. The van der Waals surface area contributed by atoms with Gasteiger partial charge in [-0.05, 0) is 36.2 Å². The van der Waals surface area contributed by atoms with E-state index in [1.807, 2.05) is 30.3 Å². The molecule has 4 nitrogen and oxygen atoms in total. The van der Waals surface area contributed by atoms with Crippen LogP contribution in [0.2, 0.25) is 0 Å². The van der Waals surface area contributed by atoms with Gasteiger partial charge in [0.05, 0.1) is 0 Å². The number of ether oxygens (including phenoxy) is 1. The highest BCUT2D eigenvalue weighted by Gasteiger charge is 2.08. The van der Waals surface area contributed by atoms with E-state index in [1.165, 1.54) is 24.3 Å². The van der Waals surface area contributed by atoms with Crippen molar-refractivity contribution in [1.82, 2.24) is 5.32 Å². The number of carbonyl (C=O) groups is 1. The molecule has 0 aliphatic carbocycles. The Bertz CT molecular complexity index is 601. The summed E-state index contributed by atoms with van der Waals surface area (Å²) in [7, 11) is 0. The van der Waals surface area contributed by atoms with Crippen LogP contribution < -0.4 is 10.1 Å². The second-order valence-electron chi connectivity index (χ2n) is 5.21. The van der Waals surface area contributed by atoms with Crippen LogP contribution in [-0.4, -0.2) is 30.3 Å². The van der Waals surface area contributed by atoms with E-state index in [1.54, 1.807) is 0 Å². The number of hydrogen-bond donors (Lipinski definition) is 2. The molecule has 1 atom stereocenters. The lowest BCUT2D eigenvalue weighted by molar-refractivity contribution is -0.121. The molecule has 0 saturated carbocycles. The molecule has 5 heteroatoms. The lowest BCUT2D eigenvalue weighted by Crippen LogP contribution is -2.35. The molecule has 23 heavy (non-hydrogen) atoms. The second kappa shape index (κ2) is 8.90. The SMILES string of the molecule is O=C(CCc1ccccc1)NCC(O)COc1ccc(F)cc1. The Morgan fingerprint density at radius 1 is 1.13 bits per heavy atom. The molecule has 1 amide bonds. The number of rotatable bonds is 8. The minimum absolute atomic E-state index is 0.0323. The smallest absolute Gasteiger partial charge is 0.220 e. The fourth-order valence-electron chi connectivity index (χ4n) is 2.00. The molecular formula is C18H20FNO3. The minimum Gasteiger partial charge on any atom is -0.491 e. The predicted molar refractivity (Wildman–Crippen MR) is 85.7 cm³/mol. The summed E-state index contributed by atoms with van der Waals surface area (Å²) >= 11 is 0. The summed E-state index contributed by atoms with van der Waals surface area (Å²) in [4.78, 5) is 11.7. The fraction of sp³-hybridized carbons (Fsp3) is 0.278. The van der Waals surface area contributed by atoms with Crippen LogP contribution in [0.5, 0.6) is 5.75 Å². The summed E-state index contributed by atoms with van der Waals surface area (Å²) in [5.74, 6) is 0.0131. The number of aliphatic hydroxyl groups excluding tert-OH is 1. The van der Waals surface area contributed by atoms with E-state index < -0.39 is 6.10 Å². The van der Waals surface area contributed by atoms with Crippen molar-refractivity contribution in [3.05, 3.63) is 66.0 Å². The van der Waals surface area contributed by atoms with Crippen LogP contribution in [0.1, 0.15) is 12.0 Å². The molecule has 0 aliphatic heterocycles. The highest BCUT2D eigenvalue weighted by molar-refractivity contribution is 5.76. The van der Waals surface area contributed by atoms with E-state index in [9.17, 15) is 14.3 Å². The van der Waals surface area contributed by atoms with Crippen LogP contribution in [0, 0.1) is 5.82 Å². The maximum Gasteiger partial charge on any atom is 0.220 e. The van der Waals surface area contributed by atoms with Crippen LogP contribution in [0.3, 0.4) is 0 Å². The highest BCUT2D eigenvalue weighted by atomic mass is 19.1. The Hall–Kier alpha value is -2.40. The van der Waals surface area contributed by atoms with Gasteiger partial charge in [0, 0.05) is 13.0 Å². The molecule has 0 aliphatic rings. The summed E-state index contributed by atoms with van der Waals surface area (Å²) in [6.07, 6.45) is 0.213. The summed E-state index contributed by atoms with van der Waals surface area (Å²) in [6, 6.07) is 15.3. The number of carbonyl (C=O) groups excluding carboxylic acids is 1. The molecule has 0 spiro atoms. The van der Waals surface area contributed by atoms with Crippen LogP contribution in [-0.2, 0) is 11.2 Å². The van der Waals surface area contributed by atoms with Crippen molar-refractivity contribution in [2.24, 2.45) is 0 Å². The number of aliphatic hydroxyl groups is 1. The van der Waals surface area contributed by atoms with E-state index in [-0.39, 0.29) is 24.9 Å². The van der Waals surface area contributed by atoms with Gasteiger partial charge in [-0.1, -0.05) is 30.3 Å². The molecule has 0 bridgehead atoms. The molecule has 0 heterocycles. The van der Waals surface area contributed by atoms with Crippen molar-refractivity contribution in [2.75, 3.05) is 13.2 Å². The second-order valence-corrected chi connectivity index (χ2v) is 5.21. The maximum absolute atomic E-state index is 12.7. The molecule has 2 aromatic carbocycles. The van der Waals surface area contributed by atoms with E-state index in [2.05, 4.69) is 5.32 Å². The molecule has 0 radical (unpaired) electrons. The van der Waals surface area contributed by atoms with Crippen molar-refractivity contribution in [1.29, 1.82) is 0 Å². The van der Waals surface area contributed by atoms with Crippen LogP contribution in [0.15, 0.2) is 54.6 Å². The zero-order valence-electron chi connectivity index (χ0n) is 12.7. The van der Waals surface area contributed by atoms with Gasteiger partial charge in [-0.3, -0.25) is 4.79 Å². The molecule has 1 unspecified atom stereocenters. The van der Waals surface area contributed by atoms with Gasteiger partial charge in [-0.25, -0.2) is 4.39 Å². The Kier molecular flexibility index (Phi) is 6.56. The summed E-state index contributed by atoms with van der Waals surface area (Å²) in [5.41, 5.74) is 1.10. The van der Waals surface area contributed by atoms with Gasteiger partial charge < -0.3 is 15.2 Å². The standard InChI is InChI=1S/C18H20FNO3/c19-15-7-9-17(10-8-15)23-13-16(21)12-20-18(22)11-6-14-4-2-1-3-5-14/h1-5,7-10,16,21H,6,11-13H2,(H,20,22). The lowest BCUT2D eigenvalue weighted by atomic mass is 10.1. The fourth-order valence-corrected chi connectivity index (χ4v) is 2.00. The van der Waals surface area contributed by atoms with Gasteiger partial charge in [0.1, 0.15) is 24.3 Å².